The molecule has 1 atom stereocenters. The van der Waals surface area contributed by atoms with Gasteiger partial charge in [-0.25, -0.2) is 4.98 Å². The lowest BCUT2D eigenvalue weighted by Crippen LogP contribution is -2.28. The highest BCUT2D eigenvalue weighted by atomic mass is 35.5. The summed E-state index contributed by atoms with van der Waals surface area (Å²) in [6.07, 6.45) is 0. The van der Waals surface area contributed by atoms with Gasteiger partial charge in [0.2, 0.25) is 5.91 Å². The minimum atomic E-state index is -0.610. The molecular formula is C21H21ClN4O4S. The number of nitrogens with one attached hydrogen (secondary N) is 1. The van der Waals surface area contributed by atoms with Crippen LogP contribution in [-0.4, -0.2) is 25.6 Å². The van der Waals surface area contributed by atoms with Crippen LogP contribution in [0.25, 0.3) is 10.9 Å². The molecule has 0 saturated carbocycles. The van der Waals surface area contributed by atoms with E-state index in [-0.39, 0.29) is 23.1 Å². The molecule has 1 unspecified atom stereocenters. The minimum Gasteiger partial charge on any atom is -0.325 e. The van der Waals surface area contributed by atoms with Gasteiger partial charge < -0.3 is 5.32 Å². The third-order valence-electron chi connectivity index (χ3n) is 4.41. The number of nitro groups is 1. The van der Waals surface area contributed by atoms with Gasteiger partial charge in [0.05, 0.1) is 21.1 Å². The zero-order valence-electron chi connectivity index (χ0n) is 17.2. The summed E-state index contributed by atoms with van der Waals surface area (Å²) < 4.78 is 1.57. The third kappa shape index (κ3) is 5.42. The van der Waals surface area contributed by atoms with Crippen molar-refractivity contribution in [1.29, 1.82) is 0 Å². The van der Waals surface area contributed by atoms with Crippen LogP contribution in [0.2, 0.25) is 5.02 Å². The number of amides is 1. The standard InChI is InChI=1S/C21H21ClN4O4S/c1-12(2)11-25-20(28)17-8-7-14(22)9-18(17)24-21(25)31-13(3)19(27)23-15-5-4-6-16(10-15)26(29)30/h4-10,12-13H,11H2,1-3H3,(H,23,27). The third-order valence-corrected chi connectivity index (χ3v) is 5.73. The second kappa shape index (κ2) is 9.49. The molecular weight excluding hydrogens is 440 g/mol. The van der Waals surface area contributed by atoms with Crippen LogP contribution in [0.1, 0.15) is 20.8 Å². The molecule has 0 spiro atoms. The number of nitro benzene ring substituents is 1. The van der Waals surface area contributed by atoms with Crippen molar-refractivity contribution < 1.29 is 9.72 Å². The largest absolute Gasteiger partial charge is 0.325 e. The van der Waals surface area contributed by atoms with Crippen molar-refractivity contribution in [3.05, 3.63) is 68.0 Å². The lowest BCUT2D eigenvalue weighted by atomic mass is 10.2. The van der Waals surface area contributed by atoms with E-state index in [9.17, 15) is 19.7 Å². The molecule has 2 aromatic carbocycles. The lowest BCUT2D eigenvalue weighted by Gasteiger charge is -2.17. The summed E-state index contributed by atoms with van der Waals surface area (Å²) in [5.41, 5.74) is 0.483. The minimum absolute atomic E-state index is 0.114. The van der Waals surface area contributed by atoms with Gasteiger partial charge in [0.1, 0.15) is 0 Å². The number of aromatic nitrogens is 2. The second-order valence-electron chi connectivity index (χ2n) is 7.42. The monoisotopic (exact) mass is 460 g/mol. The zero-order chi connectivity index (χ0) is 22.7. The molecule has 0 aliphatic rings. The van der Waals surface area contributed by atoms with Crippen LogP contribution in [-0.2, 0) is 11.3 Å². The summed E-state index contributed by atoms with van der Waals surface area (Å²) in [7, 11) is 0. The van der Waals surface area contributed by atoms with Crippen molar-refractivity contribution in [1.82, 2.24) is 9.55 Å². The van der Waals surface area contributed by atoms with E-state index in [0.29, 0.717) is 33.3 Å². The van der Waals surface area contributed by atoms with E-state index in [0.717, 1.165) is 11.8 Å². The molecule has 3 rings (SSSR count). The normalized spacial score (nSPS) is 12.2. The first-order valence-electron chi connectivity index (χ1n) is 9.57. The Morgan fingerprint density at radius 1 is 1.26 bits per heavy atom. The van der Waals surface area contributed by atoms with Crippen LogP contribution < -0.4 is 10.9 Å². The molecule has 8 nitrogen and oxygen atoms in total. The Bertz CT molecular complexity index is 1210. The Labute approximate surface area is 187 Å². The molecule has 3 aromatic rings. The van der Waals surface area contributed by atoms with Crippen molar-refractivity contribution >= 4 is 51.5 Å². The van der Waals surface area contributed by atoms with E-state index in [2.05, 4.69) is 10.3 Å². The molecule has 0 aliphatic carbocycles. The molecule has 1 N–H and O–H groups in total. The molecule has 0 saturated heterocycles. The molecule has 0 fully saturated rings. The van der Waals surface area contributed by atoms with Gasteiger partial charge in [-0.1, -0.05) is 43.3 Å². The van der Waals surface area contributed by atoms with Crippen molar-refractivity contribution in [2.75, 3.05) is 5.32 Å². The smallest absolute Gasteiger partial charge is 0.271 e. The average molecular weight is 461 g/mol. The maximum absolute atomic E-state index is 13.0. The summed E-state index contributed by atoms with van der Waals surface area (Å²) in [6.45, 7) is 6.12. The summed E-state index contributed by atoms with van der Waals surface area (Å²) in [5, 5.41) is 14.3. The van der Waals surface area contributed by atoms with E-state index in [1.54, 1.807) is 35.8 Å². The molecule has 0 radical (unpaired) electrons. The van der Waals surface area contributed by atoms with Gasteiger partial charge in [-0.05, 0) is 37.1 Å². The summed E-state index contributed by atoms with van der Waals surface area (Å²) >= 11 is 7.21. The van der Waals surface area contributed by atoms with Crippen molar-refractivity contribution in [3.63, 3.8) is 0 Å². The molecule has 31 heavy (non-hydrogen) atoms. The number of fused-ring (bicyclic) bond motifs is 1. The van der Waals surface area contributed by atoms with Gasteiger partial charge >= 0.3 is 0 Å². The molecule has 162 valence electrons. The quantitative estimate of drug-likeness (QED) is 0.236. The predicted octanol–water partition coefficient (Wildman–Crippen LogP) is 4.73. The van der Waals surface area contributed by atoms with Crippen LogP contribution in [0.3, 0.4) is 0 Å². The van der Waals surface area contributed by atoms with E-state index in [4.69, 9.17) is 11.6 Å². The van der Waals surface area contributed by atoms with Crippen LogP contribution in [0, 0.1) is 16.0 Å². The van der Waals surface area contributed by atoms with Gasteiger partial charge in [-0.2, -0.15) is 0 Å². The van der Waals surface area contributed by atoms with E-state index < -0.39 is 10.2 Å². The molecule has 1 aromatic heterocycles. The first-order chi connectivity index (χ1) is 14.7. The number of nitrogens with zero attached hydrogens (tertiary/aromatic N) is 3. The number of hydrogen-bond donors (Lipinski definition) is 1. The van der Waals surface area contributed by atoms with Crippen molar-refractivity contribution in [3.8, 4) is 0 Å². The van der Waals surface area contributed by atoms with Gasteiger partial charge in [-0.3, -0.25) is 24.3 Å². The van der Waals surface area contributed by atoms with E-state index in [1.165, 1.54) is 18.2 Å². The summed E-state index contributed by atoms with van der Waals surface area (Å²) in [6, 6.07) is 10.6. The number of rotatable bonds is 7. The summed E-state index contributed by atoms with van der Waals surface area (Å²) in [4.78, 5) is 40.7. The number of non-ortho nitro benzene ring substituents is 1. The van der Waals surface area contributed by atoms with Gasteiger partial charge in [0.25, 0.3) is 11.2 Å². The SMILES string of the molecule is CC(C)Cn1c(SC(C)C(=O)Nc2cccc([N+](=O)[O-])c2)nc2cc(Cl)ccc2c1=O. The molecule has 0 aliphatic heterocycles. The molecule has 1 heterocycles. The maximum Gasteiger partial charge on any atom is 0.271 e. The Hall–Kier alpha value is -2.91. The van der Waals surface area contributed by atoms with E-state index in [1.807, 2.05) is 13.8 Å². The number of benzene rings is 2. The number of carbonyl (C=O) groups excluding carboxylic acids is 1. The highest BCUT2D eigenvalue weighted by Crippen LogP contribution is 2.26. The van der Waals surface area contributed by atoms with Gasteiger partial charge in [0.15, 0.2) is 5.16 Å². The molecule has 10 heteroatoms. The second-order valence-corrected chi connectivity index (χ2v) is 9.17. The number of hydrogen-bond acceptors (Lipinski definition) is 6. The first kappa shape index (κ1) is 22.8. The highest BCUT2D eigenvalue weighted by molar-refractivity contribution is 8.00. The van der Waals surface area contributed by atoms with Crippen molar-refractivity contribution in [2.45, 2.75) is 37.7 Å². The van der Waals surface area contributed by atoms with E-state index >= 15 is 0 Å². The number of carbonyl (C=O) groups is 1. The molecule has 1 amide bonds. The van der Waals surface area contributed by atoms with Crippen LogP contribution >= 0.6 is 23.4 Å². The fourth-order valence-electron chi connectivity index (χ4n) is 2.94. The Morgan fingerprint density at radius 3 is 2.68 bits per heavy atom. The fraction of sp³-hybridized carbons (Fsp3) is 0.286. The summed E-state index contributed by atoms with van der Waals surface area (Å²) in [5.74, 6) is -0.167. The topological polar surface area (TPSA) is 107 Å². The van der Waals surface area contributed by atoms with Gasteiger partial charge in [0, 0.05) is 29.4 Å². The Balaban J connectivity index is 1.90. The first-order valence-corrected chi connectivity index (χ1v) is 10.8. The van der Waals surface area contributed by atoms with Crippen LogP contribution in [0.4, 0.5) is 11.4 Å². The van der Waals surface area contributed by atoms with Crippen LogP contribution in [0.15, 0.2) is 52.4 Å². The Kier molecular flexibility index (Phi) is 6.97. The Morgan fingerprint density at radius 2 is 2.00 bits per heavy atom. The zero-order valence-corrected chi connectivity index (χ0v) is 18.7. The molecule has 0 bridgehead atoms. The van der Waals surface area contributed by atoms with Crippen LogP contribution in [0.5, 0.6) is 0 Å². The average Bonchev–Trinajstić information content (AvgIpc) is 2.70. The fourth-order valence-corrected chi connectivity index (χ4v) is 4.03. The number of thioether (sulfide) groups is 1. The number of anilines is 1. The van der Waals surface area contributed by atoms with Gasteiger partial charge in [-0.15, -0.1) is 0 Å². The lowest BCUT2D eigenvalue weighted by molar-refractivity contribution is -0.384. The predicted molar refractivity (Wildman–Crippen MR) is 123 cm³/mol. The number of halogens is 1. The maximum atomic E-state index is 13.0. The van der Waals surface area contributed by atoms with Crippen molar-refractivity contribution in [2.24, 2.45) is 5.92 Å². The highest BCUT2D eigenvalue weighted by Gasteiger charge is 2.21.